The van der Waals surface area contributed by atoms with Gasteiger partial charge in [-0.15, -0.1) is 0 Å². The van der Waals surface area contributed by atoms with Gasteiger partial charge in [0, 0.05) is 16.7 Å². The molecule has 0 heterocycles. The lowest BCUT2D eigenvalue weighted by Crippen LogP contribution is -2.35. The van der Waals surface area contributed by atoms with Crippen molar-refractivity contribution in [3.05, 3.63) is 29.8 Å². The molecule has 0 saturated heterocycles. The Bertz CT molecular complexity index is 448. The summed E-state index contributed by atoms with van der Waals surface area (Å²) >= 11 is 0. The summed E-state index contributed by atoms with van der Waals surface area (Å²) in [6, 6.07) is 7.46. The van der Waals surface area contributed by atoms with Crippen molar-refractivity contribution in [2.45, 2.75) is 52.1 Å². The van der Waals surface area contributed by atoms with Crippen molar-refractivity contribution in [1.29, 1.82) is 0 Å². The van der Waals surface area contributed by atoms with Crippen LogP contribution in [0.5, 0.6) is 0 Å². The number of benzene rings is 1. The van der Waals surface area contributed by atoms with E-state index in [2.05, 4.69) is 5.32 Å². The zero-order valence-corrected chi connectivity index (χ0v) is 11.8. The number of rotatable bonds is 3. The van der Waals surface area contributed by atoms with Crippen LogP contribution in [0.15, 0.2) is 24.3 Å². The second-order valence-corrected chi connectivity index (χ2v) is 5.84. The number of carbonyl (C=O) groups is 1. The van der Waals surface area contributed by atoms with E-state index in [0.29, 0.717) is 0 Å². The molecule has 2 N–H and O–H groups in total. The summed E-state index contributed by atoms with van der Waals surface area (Å²) in [5, 5.41) is 12.7. The van der Waals surface area contributed by atoms with E-state index in [1.807, 2.05) is 31.2 Å². The van der Waals surface area contributed by atoms with Crippen LogP contribution in [0.3, 0.4) is 0 Å². The zero-order chi connectivity index (χ0) is 13.9. The Kier molecular flexibility index (Phi) is 4.25. The average molecular weight is 261 g/mol. The molecule has 0 radical (unpaired) electrons. The summed E-state index contributed by atoms with van der Waals surface area (Å²) in [4.78, 5) is 12.5. The first-order valence-electron chi connectivity index (χ1n) is 7.11. The first kappa shape index (κ1) is 14.1. The van der Waals surface area contributed by atoms with Crippen molar-refractivity contribution in [3.8, 4) is 0 Å². The van der Waals surface area contributed by atoms with Gasteiger partial charge in [0.2, 0.25) is 5.91 Å². The van der Waals surface area contributed by atoms with E-state index in [9.17, 15) is 9.90 Å². The Morgan fingerprint density at radius 1 is 1.26 bits per heavy atom. The quantitative estimate of drug-likeness (QED) is 0.872. The predicted octanol–water partition coefficient (Wildman–Crippen LogP) is 3.65. The van der Waals surface area contributed by atoms with Gasteiger partial charge in [0.1, 0.15) is 0 Å². The minimum atomic E-state index is -0.573. The second kappa shape index (κ2) is 5.74. The van der Waals surface area contributed by atoms with E-state index in [1.165, 1.54) is 6.42 Å². The van der Waals surface area contributed by atoms with Gasteiger partial charge in [0.15, 0.2) is 0 Å². The molecule has 1 aromatic rings. The van der Waals surface area contributed by atoms with E-state index >= 15 is 0 Å². The smallest absolute Gasteiger partial charge is 0.230 e. The van der Waals surface area contributed by atoms with Crippen LogP contribution in [0.25, 0.3) is 0 Å². The lowest BCUT2D eigenvalue weighted by Gasteiger charge is -2.32. The largest absolute Gasteiger partial charge is 0.389 e. The van der Waals surface area contributed by atoms with Crippen LogP contribution < -0.4 is 5.32 Å². The number of hydrogen-bond donors (Lipinski definition) is 2. The minimum Gasteiger partial charge on any atom is -0.389 e. The van der Waals surface area contributed by atoms with Gasteiger partial charge in [-0.3, -0.25) is 4.79 Å². The van der Waals surface area contributed by atoms with Crippen LogP contribution in [-0.2, 0) is 4.79 Å². The van der Waals surface area contributed by atoms with Crippen LogP contribution in [-0.4, -0.2) is 11.0 Å². The van der Waals surface area contributed by atoms with Crippen LogP contribution in [0.1, 0.15) is 57.6 Å². The molecule has 1 aromatic carbocycles. The van der Waals surface area contributed by atoms with Gasteiger partial charge in [-0.1, -0.05) is 44.4 Å². The highest BCUT2D eigenvalue weighted by Gasteiger charge is 2.34. The number of anilines is 1. The molecule has 1 unspecified atom stereocenters. The van der Waals surface area contributed by atoms with Crippen LogP contribution in [0, 0.1) is 5.41 Å². The number of amides is 1. The number of aliphatic hydroxyl groups excluding tert-OH is 1. The maximum Gasteiger partial charge on any atom is 0.230 e. The monoisotopic (exact) mass is 261 g/mol. The summed E-state index contributed by atoms with van der Waals surface area (Å²) in [6.07, 6.45) is 4.82. The number of hydrogen-bond acceptors (Lipinski definition) is 2. The molecule has 1 amide bonds. The third-order valence-corrected chi connectivity index (χ3v) is 4.16. The Labute approximate surface area is 115 Å². The molecule has 3 nitrogen and oxygen atoms in total. The molecule has 104 valence electrons. The number of aliphatic hydroxyl groups is 1. The zero-order valence-electron chi connectivity index (χ0n) is 11.8. The Morgan fingerprint density at radius 2 is 1.89 bits per heavy atom. The van der Waals surface area contributed by atoms with Gasteiger partial charge in [-0.05, 0) is 25.8 Å². The second-order valence-electron chi connectivity index (χ2n) is 5.84. The maximum absolute atomic E-state index is 12.5. The number of para-hydroxylation sites is 1. The average Bonchev–Trinajstić information content (AvgIpc) is 2.40. The van der Waals surface area contributed by atoms with Crippen molar-refractivity contribution >= 4 is 11.6 Å². The highest BCUT2D eigenvalue weighted by Crippen LogP contribution is 2.37. The molecular formula is C16H23NO2. The van der Waals surface area contributed by atoms with Gasteiger partial charge in [0.25, 0.3) is 0 Å². The molecule has 0 spiro atoms. The normalized spacial score (nSPS) is 19.7. The van der Waals surface area contributed by atoms with Crippen LogP contribution >= 0.6 is 0 Å². The Balaban J connectivity index is 2.14. The fourth-order valence-electron chi connectivity index (χ4n) is 2.81. The van der Waals surface area contributed by atoms with Crippen molar-refractivity contribution in [2.75, 3.05) is 5.32 Å². The molecule has 1 fully saturated rings. The summed E-state index contributed by atoms with van der Waals surface area (Å²) in [7, 11) is 0. The van der Waals surface area contributed by atoms with Gasteiger partial charge >= 0.3 is 0 Å². The first-order chi connectivity index (χ1) is 9.03. The SMILES string of the molecule is CC(O)c1ccccc1NC(=O)C1(C)CCCCC1. The van der Waals surface area contributed by atoms with Crippen molar-refractivity contribution in [3.63, 3.8) is 0 Å². The number of carbonyl (C=O) groups excluding carboxylic acids is 1. The number of nitrogens with one attached hydrogen (secondary N) is 1. The minimum absolute atomic E-state index is 0.0836. The third-order valence-electron chi connectivity index (χ3n) is 4.16. The lowest BCUT2D eigenvalue weighted by atomic mass is 9.75. The summed E-state index contributed by atoms with van der Waals surface area (Å²) in [5.74, 6) is 0.0836. The molecule has 1 saturated carbocycles. The van der Waals surface area contributed by atoms with Crippen molar-refractivity contribution in [2.24, 2.45) is 5.41 Å². The first-order valence-corrected chi connectivity index (χ1v) is 7.11. The highest BCUT2D eigenvalue weighted by atomic mass is 16.3. The van der Waals surface area contributed by atoms with Gasteiger partial charge in [-0.2, -0.15) is 0 Å². The molecule has 0 bridgehead atoms. The summed E-state index contributed by atoms with van der Waals surface area (Å²) < 4.78 is 0. The van der Waals surface area contributed by atoms with E-state index in [-0.39, 0.29) is 11.3 Å². The van der Waals surface area contributed by atoms with Crippen molar-refractivity contribution < 1.29 is 9.90 Å². The van der Waals surface area contributed by atoms with Gasteiger partial charge in [0.05, 0.1) is 6.10 Å². The fraction of sp³-hybridized carbons (Fsp3) is 0.562. The molecule has 1 atom stereocenters. The predicted molar refractivity (Wildman–Crippen MR) is 76.9 cm³/mol. The van der Waals surface area contributed by atoms with Gasteiger partial charge in [-0.25, -0.2) is 0 Å². The molecule has 3 heteroatoms. The van der Waals surface area contributed by atoms with E-state index in [1.54, 1.807) is 6.92 Å². The molecule has 19 heavy (non-hydrogen) atoms. The van der Waals surface area contributed by atoms with Gasteiger partial charge < -0.3 is 10.4 Å². The fourth-order valence-corrected chi connectivity index (χ4v) is 2.81. The molecular weight excluding hydrogens is 238 g/mol. The van der Waals surface area contributed by atoms with E-state index in [0.717, 1.165) is 36.9 Å². The standard InChI is InChI=1S/C16H23NO2/c1-12(18)13-8-4-5-9-14(13)17-15(19)16(2)10-6-3-7-11-16/h4-5,8-9,12,18H,3,6-7,10-11H2,1-2H3,(H,17,19). The Morgan fingerprint density at radius 3 is 2.53 bits per heavy atom. The molecule has 1 aliphatic rings. The third kappa shape index (κ3) is 3.16. The van der Waals surface area contributed by atoms with E-state index in [4.69, 9.17) is 0 Å². The molecule has 0 aliphatic heterocycles. The Hall–Kier alpha value is -1.35. The molecule has 2 rings (SSSR count). The summed E-state index contributed by atoms with van der Waals surface area (Å²) in [5.41, 5.74) is 1.24. The summed E-state index contributed by atoms with van der Waals surface area (Å²) in [6.45, 7) is 3.76. The van der Waals surface area contributed by atoms with Crippen molar-refractivity contribution in [1.82, 2.24) is 0 Å². The van der Waals surface area contributed by atoms with E-state index < -0.39 is 6.10 Å². The maximum atomic E-state index is 12.5. The van der Waals surface area contributed by atoms with Crippen LogP contribution in [0.2, 0.25) is 0 Å². The highest BCUT2D eigenvalue weighted by molar-refractivity contribution is 5.95. The molecule has 1 aliphatic carbocycles. The molecule has 0 aromatic heterocycles. The van der Waals surface area contributed by atoms with Crippen LogP contribution in [0.4, 0.5) is 5.69 Å². The topological polar surface area (TPSA) is 49.3 Å². The lowest BCUT2D eigenvalue weighted by molar-refractivity contribution is -0.126.